The molecule has 9 heteroatoms. The number of amides is 1. The average Bonchev–Trinajstić information content (AvgIpc) is 3.00. The Morgan fingerprint density at radius 2 is 1.72 bits per heavy atom. The first-order valence-electron chi connectivity index (χ1n) is 10.2. The number of carbonyl (C=O) groups excluding carboxylic acids is 1. The van der Waals surface area contributed by atoms with Crippen molar-refractivity contribution in [2.75, 3.05) is 5.32 Å². The molecule has 0 spiro atoms. The number of carbonyl (C=O) groups is 1. The number of allylic oxidation sites excluding steroid dienone is 1. The second-order valence-electron chi connectivity index (χ2n) is 8.22. The van der Waals surface area contributed by atoms with Gasteiger partial charge in [-0.25, -0.2) is 8.78 Å². The zero-order valence-electron chi connectivity index (χ0n) is 16.9. The first-order chi connectivity index (χ1) is 15.1. The van der Waals surface area contributed by atoms with Gasteiger partial charge < -0.3 is 15.3 Å². The maximum absolute atomic E-state index is 15.4. The molecule has 1 unspecified atom stereocenters. The summed E-state index contributed by atoms with van der Waals surface area (Å²) < 4.78 is 58.8. The van der Waals surface area contributed by atoms with Crippen molar-refractivity contribution in [1.29, 1.82) is 0 Å². The SMILES string of the molecule is C=C(N1[C@@H]2CC[C@H]1CC(O)C2)C(F)(F)c1cc(C(=O)Nc2ccc(F)c(Br)c2)ccc1F. The van der Waals surface area contributed by atoms with Crippen LogP contribution in [0, 0.1) is 11.6 Å². The second kappa shape index (κ2) is 8.51. The van der Waals surface area contributed by atoms with E-state index in [1.54, 1.807) is 0 Å². The average molecular weight is 513 g/mol. The van der Waals surface area contributed by atoms with Crippen molar-refractivity contribution in [3.63, 3.8) is 0 Å². The molecule has 4 nitrogen and oxygen atoms in total. The number of nitrogens with one attached hydrogen (secondary N) is 1. The van der Waals surface area contributed by atoms with E-state index >= 15 is 8.78 Å². The van der Waals surface area contributed by atoms with Crippen LogP contribution in [-0.2, 0) is 5.92 Å². The minimum Gasteiger partial charge on any atom is -0.393 e. The van der Waals surface area contributed by atoms with Crippen molar-refractivity contribution in [3.8, 4) is 0 Å². The van der Waals surface area contributed by atoms with E-state index in [1.165, 1.54) is 17.0 Å². The molecule has 32 heavy (non-hydrogen) atoms. The fourth-order valence-electron chi connectivity index (χ4n) is 4.59. The number of fused-ring (bicyclic) bond motifs is 2. The predicted molar refractivity (Wildman–Crippen MR) is 115 cm³/mol. The lowest BCUT2D eigenvalue weighted by Gasteiger charge is -2.42. The van der Waals surface area contributed by atoms with Gasteiger partial charge in [0.25, 0.3) is 5.91 Å². The van der Waals surface area contributed by atoms with Crippen molar-refractivity contribution >= 4 is 27.5 Å². The molecule has 2 heterocycles. The van der Waals surface area contributed by atoms with Gasteiger partial charge in [0.1, 0.15) is 11.6 Å². The molecule has 0 saturated carbocycles. The molecule has 0 aliphatic carbocycles. The van der Waals surface area contributed by atoms with Crippen LogP contribution in [0.2, 0.25) is 0 Å². The Morgan fingerprint density at radius 1 is 1.09 bits per heavy atom. The Labute approximate surface area is 191 Å². The first kappa shape index (κ1) is 22.8. The third-order valence-electron chi connectivity index (χ3n) is 6.13. The smallest absolute Gasteiger partial charge is 0.314 e. The van der Waals surface area contributed by atoms with Crippen LogP contribution in [0.15, 0.2) is 53.1 Å². The highest BCUT2D eigenvalue weighted by Gasteiger charge is 2.49. The van der Waals surface area contributed by atoms with Crippen molar-refractivity contribution in [2.45, 2.75) is 49.8 Å². The quantitative estimate of drug-likeness (QED) is 0.514. The zero-order chi connectivity index (χ0) is 23.2. The Kier molecular flexibility index (Phi) is 6.06. The number of piperidine rings is 1. The summed E-state index contributed by atoms with van der Waals surface area (Å²) in [6.45, 7) is 3.58. The summed E-state index contributed by atoms with van der Waals surface area (Å²) in [4.78, 5) is 14.1. The zero-order valence-corrected chi connectivity index (χ0v) is 18.5. The van der Waals surface area contributed by atoms with Crippen LogP contribution in [0.5, 0.6) is 0 Å². The lowest BCUT2D eigenvalue weighted by molar-refractivity contribution is -0.0280. The molecule has 2 fully saturated rings. The van der Waals surface area contributed by atoms with E-state index in [0.29, 0.717) is 25.7 Å². The van der Waals surface area contributed by atoms with Gasteiger partial charge in [0.15, 0.2) is 0 Å². The first-order valence-corrected chi connectivity index (χ1v) is 11.0. The monoisotopic (exact) mass is 512 g/mol. The van der Waals surface area contributed by atoms with Gasteiger partial charge in [0.2, 0.25) is 0 Å². The van der Waals surface area contributed by atoms with Crippen LogP contribution in [0.25, 0.3) is 0 Å². The van der Waals surface area contributed by atoms with Crippen LogP contribution < -0.4 is 5.32 Å². The van der Waals surface area contributed by atoms with E-state index < -0.39 is 40.8 Å². The number of rotatable bonds is 5. The fourth-order valence-corrected chi connectivity index (χ4v) is 4.97. The number of aliphatic hydroxyl groups is 1. The van der Waals surface area contributed by atoms with Crippen LogP contribution in [0.1, 0.15) is 41.6 Å². The highest BCUT2D eigenvalue weighted by molar-refractivity contribution is 9.10. The molecule has 2 saturated heterocycles. The molecule has 2 bridgehead atoms. The highest BCUT2D eigenvalue weighted by atomic mass is 79.9. The number of anilines is 1. The molecule has 3 atom stereocenters. The summed E-state index contributed by atoms with van der Waals surface area (Å²) >= 11 is 3.01. The number of hydrogen-bond acceptors (Lipinski definition) is 3. The molecular formula is C23H21BrF4N2O2. The third-order valence-corrected chi connectivity index (χ3v) is 6.73. The van der Waals surface area contributed by atoms with Gasteiger partial charge in [-0.05, 0) is 78.0 Å². The molecule has 2 aromatic rings. The highest BCUT2D eigenvalue weighted by Crippen LogP contribution is 2.46. The fraction of sp³-hybridized carbons (Fsp3) is 0.348. The number of nitrogens with zero attached hydrogens (tertiary/aromatic N) is 1. The summed E-state index contributed by atoms with van der Waals surface area (Å²) in [5.74, 6) is -6.17. The van der Waals surface area contributed by atoms with E-state index in [0.717, 1.165) is 24.3 Å². The molecular weight excluding hydrogens is 492 g/mol. The van der Waals surface area contributed by atoms with Crippen molar-refractivity contribution in [2.24, 2.45) is 0 Å². The molecule has 170 valence electrons. The molecule has 1 amide bonds. The summed E-state index contributed by atoms with van der Waals surface area (Å²) in [5.41, 5.74) is -1.41. The Morgan fingerprint density at radius 3 is 2.34 bits per heavy atom. The minimum absolute atomic E-state index is 0.124. The standard InChI is InChI=1S/C23H21BrF4N2O2/c1-12(30-15-4-5-16(30)11-17(31)10-15)23(27,28)18-8-13(2-6-20(18)25)22(32)29-14-3-7-21(26)19(24)9-14/h2-3,6-9,15-17,31H,1,4-5,10-11H2,(H,29,32)/t15-,16+,17?. The van der Waals surface area contributed by atoms with Gasteiger partial charge in [-0.3, -0.25) is 4.79 Å². The summed E-state index contributed by atoms with van der Waals surface area (Å²) in [6, 6.07) is 5.98. The van der Waals surface area contributed by atoms with Crippen molar-refractivity contribution in [3.05, 3.63) is 75.9 Å². The van der Waals surface area contributed by atoms with Crippen LogP contribution in [-0.4, -0.2) is 34.1 Å². The van der Waals surface area contributed by atoms with Gasteiger partial charge in [-0.15, -0.1) is 0 Å². The number of benzene rings is 2. The van der Waals surface area contributed by atoms with Gasteiger partial charge in [-0.1, -0.05) is 6.58 Å². The molecule has 2 aromatic carbocycles. The van der Waals surface area contributed by atoms with Crippen LogP contribution in [0.4, 0.5) is 23.2 Å². The van der Waals surface area contributed by atoms with E-state index in [1.807, 2.05) is 0 Å². The number of hydrogen-bond donors (Lipinski definition) is 2. The Balaban J connectivity index is 1.59. The maximum Gasteiger partial charge on any atom is 0.314 e. The lowest BCUT2D eigenvalue weighted by Crippen LogP contribution is -2.47. The topological polar surface area (TPSA) is 52.6 Å². The van der Waals surface area contributed by atoms with E-state index in [2.05, 4.69) is 27.8 Å². The lowest BCUT2D eigenvalue weighted by atomic mass is 9.95. The Bertz CT molecular complexity index is 1060. The molecule has 2 N–H and O–H groups in total. The molecule has 2 aliphatic rings. The van der Waals surface area contributed by atoms with Crippen molar-refractivity contribution in [1.82, 2.24) is 4.90 Å². The van der Waals surface area contributed by atoms with E-state index in [-0.39, 0.29) is 27.8 Å². The number of halogens is 5. The van der Waals surface area contributed by atoms with Gasteiger partial charge in [0.05, 0.1) is 21.8 Å². The van der Waals surface area contributed by atoms with Crippen LogP contribution >= 0.6 is 15.9 Å². The van der Waals surface area contributed by atoms with Crippen molar-refractivity contribution < 1.29 is 27.5 Å². The molecule has 0 radical (unpaired) electrons. The van der Waals surface area contributed by atoms with Gasteiger partial charge in [-0.2, -0.15) is 8.78 Å². The molecule has 2 aliphatic heterocycles. The van der Waals surface area contributed by atoms with Gasteiger partial charge in [0, 0.05) is 23.3 Å². The molecule has 0 aromatic heterocycles. The molecule has 4 rings (SSSR count). The summed E-state index contributed by atoms with van der Waals surface area (Å²) in [5, 5.41) is 12.4. The largest absolute Gasteiger partial charge is 0.393 e. The number of alkyl halides is 2. The summed E-state index contributed by atoms with van der Waals surface area (Å²) in [6.07, 6.45) is 1.51. The third kappa shape index (κ3) is 4.15. The normalized spacial score (nSPS) is 22.7. The maximum atomic E-state index is 15.4. The summed E-state index contributed by atoms with van der Waals surface area (Å²) in [7, 11) is 0. The predicted octanol–water partition coefficient (Wildman–Crippen LogP) is 5.57. The van der Waals surface area contributed by atoms with E-state index in [9.17, 15) is 18.7 Å². The second-order valence-corrected chi connectivity index (χ2v) is 9.07. The Hall–Kier alpha value is -2.39. The van der Waals surface area contributed by atoms with Gasteiger partial charge >= 0.3 is 5.92 Å². The minimum atomic E-state index is -3.75. The van der Waals surface area contributed by atoms with E-state index in [4.69, 9.17) is 0 Å². The van der Waals surface area contributed by atoms with Crippen LogP contribution in [0.3, 0.4) is 0 Å². The number of aliphatic hydroxyl groups excluding tert-OH is 1.